The second-order valence-corrected chi connectivity index (χ2v) is 6.77. The van der Waals surface area contributed by atoms with Gasteiger partial charge in [-0.05, 0) is 74.5 Å². The van der Waals surface area contributed by atoms with Gasteiger partial charge in [0.2, 0.25) is 11.8 Å². The highest BCUT2D eigenvalue weighted by Gasteiger charge is 2.12. The summed E-state index contributed by atoms with van der Waals surface area (Å²) in [5.41, 5.74) is 3.98. The van der Waals surface area contributed by atoms with Crippen LogP contribution < -0.4 is 10.1 Å². The summed E-state index contributed by atoms with van der Waals surface area (Å²) in [5.74, 6) is 1.44. The lowest BCUT2D eigenvalue weighted by atomic mass is 10.1. The zero-order chi connectivity index (χ0) is 20.9. The number of amides is 1. The fraction of sp³-hybridized carbons (Fsp3) is 0.125. The molecule has 6 heteroatoms. The van der Waals surface area contributed by atoms with Gasteiger partial charge >= 0.3 is 0 Å². The summed E-state index contributed by atoms with van der Waals surface area (Å²) in [6.07, 6.45) is 0. The lowest BCUT2D eigenvalue weighted by molar-refractivity contribution is 0.102. The van der Waals surface area contributed by atoms with Gasteiger partial charge in [-0.15, -0.1) is 10.2 Å². The van der Waals surface area contributed by atoms with Crippen molar-refractivity contribution in [3.63, 3.8) is 0 Å². The highest BCUT2D eigenvalue weighted by molar-refractivity contribution is 6.04. The van der Waals surface area contributed by atoms with Crippen LogP contribution >= 0.6 is 0 Å². The molecule has 6 nitrogen and oxygen atoms in total. The van der Waals surface area contributed by atoms with Crippen molar-refractivity contribution >= 4 is 11.6 Å². The van der Waals surface area contributed by atoms with Crippen molar-refractivity contribution in [2.24, 2.45) is 0 Å². The summed E-state index contributed by atoms with van der Waals surface area (Å²) < 4.78 is 11.2. The Kier molecular flexibility index (Phi) is 5.57. The predicted octanol–water partition coefficient (Wildman–Crippen LogP) is 5.36. The van der Waals surface area contributed by atoms with Crippen LogP contribution in [0.1, 0.15) is 22.8 Å². The molecule has 0 aliphatic rings. The summed E-state index contributed by atoms with van der Waals surface area (Å²) >= 11 is 0. The molecule has 150 valence electrons. The summed E-state index contributed by atoms with van der Waals surface area (Å²) in [6, 6.07) is 22.2. The quantitative estimate of drug-likeness (QED) is 0.472. The normalized spacial score (nSPS) is 10.6. The zero-order valence-electron chi connectivity index (χ0n) is 16.8. The van der Waals surface area contributed by atoms with E-state index in [1.165, 1.54) is 0 Å². The number of benzene rings is 3. The SMILES string of the molecule is CCOc1ccc(NC(=O)c2ccc(-c3nnc(-c4cccc(C)c4)o3)cc2)cc1. The van der Waals surface area contributed by atoms with Crippen molar-refractivity contribution in [1.82, 2.24) is 10.2 Å². The van der Waals surface area contributed by atoms with E-state index in [0.717, 1.165) is 22.4 Å². The summed E-state index contributed by atoms with van der Waals surface area (Å²) in [4.78, 5) is 12.5. The van der Waals surface area contributed by atoms with Crippen LogP contribution in [0.4, 0.5) is 5.69 Å². The van der Waals surface area contributed by atoms with Crippen molar-refractivity contribution in [2.75, 3.05) is 11.9 Å². The van der Waals surface area contributed by atoms with Crippen LogP contribution in [0.25, 0.3) is 22.9 Å². The highest BCUT2D eigenvalue weighted by atomic mass is 16.5. The first-order valence-corrected chi connectivity index (χ1v) is 9.67. The first-order chi connectivity index (χ1) is 14.6. The Morgan fingerprint density at radius 2 is 1.63 bits per heavy atom. The topological polar surface area (TPSA) is 77.2 Å². The van der Waals surface area contributed by atoms with Gasteiger partial charge in [-0.1, -0.05) is 17.7 Å². The third kappa shape index (κ3) is 4.38. The van der Waals surface area contributed by atoms with E-state index in [0.29, 0.717) is 29.6 Å². The van der Waals surface area contributed by atoms with Crippen LogP contribution in [0.2, 0.25) is 0 Å². The number of rotatable bonds is 6. The molecule has 0 saturated heterocycles. The van der Waals surface area contributed by atoms with Gasteiger partial charge in [-0.3, -0.25) is 4.79 Å². The van der Waals surface area contributed by atoms with Gasteiger partial charge in [-0.25, -0.2) is 0 Å². The fourth-order valence-corrected chi connectivity index (χ4v) is 3.00. The number of aromatic nitrogens is 2. The van der Waals surface area contributed by atoms with E-state index in [-0.39, 0.29) is 5.91 Å². The van der Waals surface area contributed by atoms with Crippen molar-refractivity contribution in [2.45, 2.75) is 13.8 Å². The minimum Gasteiger partial charge on any atom is -0.494 e. The number of aryl methyl sites for hydroxylation is 1. The number of carbonyl (C=O) groups is 1. The minimum atomic E-state index is -0.198. The van der Waals surface area contributed by atoms with Crippen molar-refractivity contribution in [1.29, 1.82) is 0 Å². The third-order valence-corrected chi connectivity index (χ3v) is 4.51. The Labute approximate surface area is 174 Å². The van der Waals surface area contributed by atoms with Crippen LogP contribution in [-0.4, -0.2) is 22.7 Å². The standard InChI is InChI=1S/C24H21N3O3/c1-3-29-21-13-11-20(12-14-21)25-22(28)17-7-9-18(10-8-17)23-26-27-24(30-23)19-6-4-5-16(2)15-19/h4-15H,3H2,1-2H3,(H,25,28). The summed E-state index contributed by atoms with van der Waals surface area (Å²) in [5, 5.41) is 11.1. The molecule has 1 amide bonds. The molecule has 0 saturated carbocycles. The Hall–Kier alpha value is -3.93. The molecule has 1 N–H and O–H groups in total. The van der Waals surface area contributed by atoms with Gasteiger partial charge in [-0.2, -0.15) is 0 Å². The van der Waals surface area contributed by atoms with Gasteiger partial charge < -0.3 is 14.5 Å². The van der Waals surface area contributed by atoms with E-state index in [2.05, 4.69) is 15.5 Å². The van der Waals surface area contributed by atoms with Gasteiger partial charge in [0.25, 0.3) is 5.91 Å². The highest BCUT2D eigenvalue weighted by Crippen LogP contribution is 2.25. The van der Waals surface area contributed by atoms with Gasteiger partial charge in [0.05, 0.1) is 6.61 Å². The molecule has 0 spiro atoms. The van der Waals surface area contributed by atoms with Crippen LogP contribution in [0.5, 0.6) is 5.75 Å². The molecule has 0 radical (unpaired) electrons. The van der Waals surface area contributed by atoms with E-state index in [1.807, 2.05) is 62.4 Å². The first-order valence-electron chi connectivity index (χ1n) is 9.67. The summed E-state index contributed by atoms with van der Waals surface area (Å²) in [7, 11) is 0. The van der Waals surface area contributed by atoms with Crippen LogP contribution in [0.3, 0.4) is 0 Å². The molecule has 0 aliphatic heterocycles. The second kappa shape index (κ2) is 8.61. The minimum absolute atomic E-state index is 0.198. The van der Waals surface area contributed by atoms with E-state index >= 15 is 0 Å². The maximum atomic E-state index is 12.5. The predicted molar refractivity (Wildman–Crippen MR) is 115 cm³/mol. The molecule has 0 fully saturated rings. The average Bonchev–Trinajstić information content (AvgIpc) is 3.26. The van der Waals surface area contributed by atoms with Crippen molar-refractivity contribution in [3.8, 4) is 28.7 Å². The van der Waals surface area contributed by atoms with E-state index < -0.39 is 0 Å². The molecule has 30 heavy (non-hydrogen) atoms. The lowest BCUT2D eigenvalue weighted by Gasteiger charge is -2.07. The number of anilines is 1. The molecule has 1 heterocycles. The van der Waals surface area contributed by atoms with Gasteiger partial charge in [0.15, 0.2) is 0 Å². The monoisotopic (exact) mass is 399 g/mol. The average molecular weight is 399 g/mol. The number of hydrogen-bond donors (Lipinski definition) is 1. The maximum absolute atomic E-state index is 12.5. The summed E-state index contributed by atoms with van der Waals surface area (Å²) in [6.45, 7) is 4.54. The first kappa shape index (κ1) is 19.4. The number of hydrogen-bond acceptors (Lipinski definition) is 5. The molecule has 0 aliphatic carbocycles. The molecule has 4 aromatic rings. The zero-order valence-corrected chi connectivity index (χ0v) is 16.8. The van der Waals surface area contributed by atoms with Crippen molar-refractivity contribution in [3.05, 3.63) is 83.9 Å². The molecule has 0 bridgehead atoms. The number of nitrogens with one attached hydrogen (secondary N) is 1. The number of nitrogens with zero attached hydrogens (tertiary/aromatic N) is 2. The molecule has 1 aromatic heterocycles. The molecular formula is C24H21N3O3. The number of carbonyl (C=O) groups excluding carboxylic acids is 1. The van der Waals surface area contributed by atoms with Crippen LogP contribution in [0.15, 0.2) is 77.2 Å². The maximum Gasteiger partial charge on any atom is 0.255 e. The van der Waals surface area contributed by atoms with Gasteiger partial charge in [0.1, 0.15) is 5.75 Å². The van der Waals surface area contributed by atoms with E-state index in [4.69, 9.17) is 9.15 Å². The Morgan fingerprint density at radius 3 is 2.30 bits per heavy atom. The fourth-order valence-electron chi connectivity index (χ4n) is 3.00. The number of ether oxygens (including phenoxy) is 1. The van der Waals surface area contributed by atoms with E-state index in [1.54, 1.807) is 24.3 Å². The second-order valence-electron chi connectivity index (χ2n) is 6.77. The van der Waals surface area contributed by atoms with Gasteiger partial charge in [0, 0.05) is 22.4 Å². The van der Waals surface area contributed by atoms with Crippen LogP contribution in [-0.2, 0) is 0 Å². The van der Waals surface area contributed by atoms with Crippen LogP contribution in [0, 0.1) is 6.92 Å². The Morgan fingerprint density at radius 1 is 0.933 bits per heavy atom. The Balaban J connectivity index is 1.45. The molecule has 0 unspecified atom stereocenters. The third-order valence-electron chi connectivity index (χ3n) is 4.51. The molecular weight excluding hydrogens is 378 g/mol. The molecule has 0 atom stereocenters. The molecule has 4 rings (SSSR count). The van der Waals surface area contributed by atoms with Crippen molar-refractivity contribution < 1.29 is 13.9 Å². The van der Waals surface area contributed by atoms with E-state index in [9.17, 15) is 4.79 Å². The lowest BCUT2D eigenvalue weighted by Crippen LogP contribution is -2.11. The largest absolute Gasteiger partial charge is 0.494 e. The Bertz CT molecular complexity index is 1150. The smallest absolute Gasteiger partial charge is 0.255 e. The molecule has 3 aromatic carbocycles.